The highest BCUT2D eigenvalue weighted by Crippen LogP contribution is 2.14. The van der Waals surface area contributed by atoms with Gasteiger partial charge < -0.3 is 0 Å². The Morgan fingerprint density at radius 2 is 1.89 bits per heavy atom. The van der Waals surface area contributed by atoms with E-state index in [0.29, 0.717) is 16.2 Å². The van der Waals surface area contributed by atoms with Gasteiger partial charge in [0.25, 0.3) is 0 Å². The van der Waals surface area contributed by atoms with E-state index in [4.69, 9.17) is 5.26 Å². The Kier molecular flexibility index (Phi) is 3.85. The molecule has 4 heteroatoms. The minimum absolute atomic E-state index is 0.321. The van der Waals surface area contributed by atoms with Crippen LogP contribution in [-0.4, -0.2) is 4.21 Å². The molecule has 2 rings (SSSR count). The summed E-state index contributed by atoms with van der Waals surface area (Å²) in [6, 6.07) is 14.6. The largest absolute Gasteiger partial charge is 0.254 e. The second-order valence-electron chi connectivity index (χ2n) is 3.76. The standard InChI is InChI=1S/C14H10FNOS/c15-13-4-6-14(7-5-13)18(17)10-12-3-1-2-11(8-12)9-16/h1-8H,10H2. The third-order valence-electron chi connectivity index (χ3n) is 2.43. The highest BCUT2D eigenvalue weighted by atomic mass is 32.2. The van der Waals surface area contributed by atoms with Crippen LogP contribution in [0.15, 0.2) is 53.4 Å². The summed E-state index contributed by atoms with van der Waals surface area (Å²) < 4.78 is 24.8. The van der Waals surface area contributed by atoms with Crippen LogP contribution in [0.5, 0.6) is 0 Å². The summed E-state index contributed by atoms with van der Waals surface area (Å²) in [5, 5.41) is 8.78. The van der Waals surface area contributed by atoms with Crippen molar-refractivity contribution in [3.63, 3.8) is 0 Å². The van der Waals surface area contributed by atoms with Crippen LogP contribution in [0.2, 0.25) is 0 Å². The van der Waals surface area contributed by atoms with E-state index in [2.05, 4.69) is 0 Å². The Morgan fingerprint density at radius 1 is 1.17 bits per heavy atom. The first-order valence-corrected chi connectivity index (χ1v) is 6.64. The van der Waals surface area contributed by atoms with E-state index in [1.807, 2.05) is 12.1 Å². The molecule has 0 bridgehead atoms. The number of nitrogens with zero attached hydrogens (tertiary/aromatic N) is 1. The molecule has 0 aliphatic heterocycles. The van der Waals surface area contributed by atoms with E-state index in [9.17, 15) is 8.60 Å². The molecule has 0 aliphatic rings. The molecule has 18 heavy (non-hydrogen) atoms. The molecule has 0 aromatic heterocycles. The van der Waals surface area contributed by atoms with E-state index in [1.165, 1.54) is 24.3 Å². The van der Waals surface area contributed by atoms with Gasteiger partial charge in [0.15, 0.2) is 0 Å². The molecule has 2 aromatic carbocycles. The van der Waals surface area contributed by atoms with Crippen molar-refractivity contribution in [2.45, 2.75) is 10.6 Å². The van der Waals surface area contributed by atoms with Crippen LogP contribution in [-0.2, 0) is 16.6 Å². The lowest BCUT2D eigenvalue weighted by Crippen LogP contribution is -1.97. The normalized spacial score (nSPS) is 11.8. The Bertz CT molecular complexity index is 616. The highest BCUT2D eigenvalue weighted by molar-refractivity contribution is 7.84. The fraction of sp³-hybridized carbons (Fsp3) is 0.0714. The second-order valence-corrected chi connectivity index (χ2v) is 5.21. The summed E-state index contributed by atoms with van der Waals surface area (Å²) in [4.78, 5) is 0.582. The summed E-state index contributed by atoms with van der Waals surface area (Å²) in [6.07, 6.45) is 0. The van der Waals surface area contributed by atoms with Crippen molar-refractivity contribution < 1.29 is 8.60 Å². The van der Waals surface area contributed by atoms with Crippen molar-refractivity contribution >= 4 is 10.8 Å². The molecule has 0 heterocycles. The maximum Gasteiger partial charge on any atom is 0.123 e. The van der Waals surface area contributed by atoms with E-state index < -0.39 is 10.8 Å². The number of hydrogen-bond donors (Lipinski definition) is 0. The van der Waals surface area contributed by atoms with Crippen molar-refractivity contribution in [3.8, 4) is 6.07 Å². The number of halogens is 1. The lowest BCUT2D eigenvalue weighted by molar-refractivity contribution is 0.626. The molecule has 0 spiro atoms. The van der Waals surface area contributed by atoms with Gasteiger partial charge in [-0.15, -0.1) is 0 Å². The molecule has 2 aromatic rings. The molecule has 0 saturated carbocycles. The molecule has 2 nitrogen and oxygen atoms in total. The molecule has 1 unspecified atom stereocenters. The van der Waals surface area contributed by atoms with Crippen molar-refractivity contribution in [2.75, 3.05) is 0 Å². The number of hydrogen-bond acceptors (Lipinski definition) is 2. The molecule has 1 atom stereocenters. The van der Waals surface area contributed by atoms with Gasteiger partial charge in [-0.3, -0.25) is 4.21 Å². The smallest absolute Gasteiger partial charge is 0.123 e. The van der Waals surface area contributed by atoms with Crippen molar-refractivity contribution in [3.05, 3.63) is 65.5 Å². The fourth-order valence-electron chi connectivity index (χ4n) is 1.55. The SMILES string of the molecule is N#Cc1cccc(CS(=O)c2ccc(F)cc2)c1. The zero-order valence-corrected chi connectivity index (χ0v) is 10.3. The van der Waals surface area contributed by atoms with Gasteiger partial charge in [0.1, 0.15) is 5.82 Å². The Labute approximate surface area is 107 Å². The van der Waals surface area contributed by atoms with Gasteiger partial charge >= 0.3 is 0 Å². The lowest BCUT2D eigenvalue weighted by Gasteiger charge is -2.03. The monoisotopic (exact) mass is 259 g/mol. The summed E-state index contributed by atoms with van der Waals surface area (Å²) >= 11 is 0. The maximum atomic E-state index is 12.7. The molecule has 0 amide bonds. The third kappa shape index (κ3) is 3.02. The van der Waals surface area contributed by atoms with Crippen LogP contribution >= 0.6 is 0 Å². The molecule has 0 fully saturated rings. The van der Waals surface area contributed by atoms with Crippen LogP contribution in [0.1, 0.15) is 11.1 Å². The average molecular weight is 259 g/mol. The van der Waals surface area contributed by atoms with Crippen molar-refractivity contribution in [1.29, 1.82) is 5.26 Å². The van der Waals surface area contributed by atoms with E-state index in [1.54, 1.807) is 18.2 Å². The number of benzene rings is 2. The molecule has 0 radical (unpaired) electrons. The first-order chi connectivity index (χ1) is 8.69. The predicted molar refractivity (Wildman–Crippen MR) is 67.7 cm³/mol. The zero-order chi connectivity index (χ0) is 13.0. The van der Waals surface area contributed by atoms with Gasteiger partial charge in [0.05, 0.1) is 28.2 Å². The molecule has 0 N–H and O–H groups in total. The Morgan fingerprint density at radius 3 is 2.56 bits per heavy atom. The first-order valence-electron chi connectivity index (χ1n) is 5.32. The average Bonchev–Trinajstić information content (AvgIpc) is 2.39. The van der Waals surface area contributed by atoms with E-state index >= 15 is 0 Å². The highest BCUT2D eigenvalue weighted by Gasteiger charge is 2.06. The van der Waals surface area contributed by atoms with Crippen LogP contribution in [0.25, 0.3) is 0 Å². The Balaban J connectivity index is 2.16. The molecule has 0 aliphatic carbocycles. The summed E-state index contributed by atoms with van der Waals surface area (Å²) in [7, 11) is -1.23. The summed E-state index contributed by atoms with van der Waals surface area (Å²) in [5.41, 5.74) is 1.38. The Hall–Kier alpha value is -1.99. The molecular formula is C14H10FNOS. The third-order valence-corrected chi connectivity index (χ3v) is 3.82. The van der Waals surface area contributed by atoms with Gasteiger partial charge in [-0.25, -0.2) is 4.39 Å². The van der Waals surface area contributed by atoms with Crippen LogP contribution in [0.4, 0.5) is 4.39 Å². The summed E-state index contributed by atoms with van der Waals surface area (Å²) in [5.74, 6) is -0.0246. The fourth-order valence-corrected chi connectivity index (χ4v) is 2.64. The maximum absolute atomic E-state index is 12.7. The van der Waals surface area contributed by atoms with E-state index in [-0.39, 0.29) is 5.82 Å². The minimum Gasteiger partial charge on any atom is -0.254 e. The second kappa shape index (κ2) is 5.56. The van der Waals surface area contributed by atoms with Crippen LogP contribution < -0.4 is 0 Å². The van der Waals surface area contributed by atoms with Crippen LogP contribution in [0, 0.1) is 17.1 Å². The van der Waals surface area contributed by atoms with Gasteiger partial charge in [-0.1, -0.05) is 12.1 Å². The van der Waals surface area contributed by atoms with Crippen LogP contribution in [0.3, 0.4) is 0 Å². The molecule has 0 saturated heterocycles. The van der Waals surface area contributed by atoms with E-state index in [0.717, 1.165) is 5.56 Å². The number of nitriles is 1. The van der Waals surface area contributed by atoms with Gasteiger partial charge in [0.2, 0.25) is 0 Å². The molecular weight excluding hydrogens is 249 g/mol. The zero-order valence-electron chi connectivity index (χ0n) is 9.47. The van der Waals surface area contributed by atoms with Crippen molar-refractivity contribution in [1.82, 2.24) is 0 Å². The number of rotatable bonds is 3. The predicted octanol–water partition coefficient (Wildman–Crippen LogP) is 3.01. The minimum atomic E-state index is -1.23. The van der Waals surface area contributed by atoms with Gasteiger partial charge in [-0.2, -0.15) is 5.26 Å². The summed E-state index contributed by atoms with van der Waals surface area (Å²) in [6.45, 7) is 0. The topological polar surface area (TPSA) is 40.9 Å². The van der Waals surface area contributed by atoms with Gasteiger partial charge in [-0.05, 0) is 42.0 Å². The quantitative estimate of drug-likeness (QED) is 0.850. The van der Waals surface area contributed by atoms with Gasteiger partial charge in [0, 0.05) is 4.90 Å². The molecule has 90 valence electrons. The first kappa shape index (κ1) is 12.5. The lowest BCUT2D eigenvalue weighted by atomic mass is 10.2. The van der Waals surface area contributed by atoms with Crippen molar-refractivity contribution in [2.24, 2.45) is 0 Å².